The highest BCUT2D eigenvalue weighted by Gasteiger charge is 2.33. The molecule has 1 amide bonds. The Kier molecular flexibility index (Phi) is 4.40. The Bertz CT molecular complexity index is 424. The number of nitrogens with zero attached hydrogens (tertiary/aromatic N) is 2. The average Bonchev–Trinajstić information content (AvgIpc) is 3.20. The molecule has 0 aliphatic heterocycles. The summed E-state index contributed by atoms with van der Waals surface area (Å²) in [6.07, 6.45) is 3.96. The van der Waals surface area contributed by atoms with Gasteiger partial charge in [0.25, 0.3) is 5.91 Å². The fraction of sp³-hybridized carbons (Fsp3) is 0.600. The summed E-state index contributed by atoms with van der Waals surface area (Å²) in [4.78, 5) is 18.8. The number of amides is 1. The lowest BCUT2D eigenvalue weighted by Crippen LogP contribution is -2.36. The molecule has 1 fully saturated rings. The van der Waals surface area contributed by atoms with E-state index >= 15 is 0 Å². The molecule has 104 valence electrons. The van der Waals surface area contributed by atoms with Crippen LogP contribution >= 0.6 is 0 Å². The third-order valence-corrected chi connectivity index (χ3v) is 3.18. The van der Waals surface area contributed by atoms with Crippen molar-refractivity contribution < 1.29 is 4.79 Å². The maximum atomic E-state index is 12.5. The molecular formula is C15H23N3O. The molecule has 0 saturated heterocycles. The molecule has 0 aromatic carbocycles. The van der Waals surface area contributed by atoms with Crippen LogP contribution in [-0.2, 0) is 0 Å². The first kappa shape index (κ1) is 13.8. The van der Waals surface area contributed by atoms with Gasteiger partial charge < -0.3 is 10.2 Å². The fourth-order valence-corrected chi connectivity index (χ4v) is 2.15. The summed E-state index contributed by atoms with van der Waals surface area (Å²) in [6.45, 7) is 7.99. The van der Waals surface area contributed by atoms with Gasteiger partial charge in [0.2, 0.25) is 0 Å². The van der Waals surface area contributed by atoms with E-state index < -0.39 is 0 Å². The van der Waals surface area contributed by atoms with Crippen molar-refractivity contribution in [2.45, 2.75) is 39.7 Å². The summed E-state index contributed by atoms with van der Waals surface area (Å²) in [5.74, 6) is 1.44. The summed E-state index contributed by atoms with van der Waals surface area (Å²) in [5, 5.41) is 3.13. The first-order valence-electron chi connectivity index (χ1n) is 7.12. The lowest BCUT2D eigenvalue weighted by Gasteiger charge is -2.24. The van der Waals surface area contributed by atoms with Gasteiger partial charge in [-0.25, -0.2) is 4.98 Å². The monoisotopic (exact) mass is 261 g/mol. The maximum absolute atomic E-state index is 12.5. The lowest BCUT2D eigenvalue weighted by atomic mass is 10.1. The Balaban J connectivity index is 2.07. The molecule has 1 aliphatic carbocycles. The molecule has 4 heteroatoms. The topological polar surface area (TPSA) is 45.2 Å². The molecule has 19 heavy (non-hydrogen) atoms. The molecule has 0 bridgehead atoms. The van der Waals surface area contributed by atoms with E-state index in [4.69, 9.17) is 0 Å². The highest BCUT2D eigenvalue weighted by atomic mass is 16.2. The van der Waals surface area contributed by atoms with Crippen LogP contribution in [0.4, 0.5) is 5.82 Å². The third kappa shape index (κ3) is 3.69. The van der Waals surface area contributed by atoms with Gasteiger partial charge in [-0.2, -0.15) is 0 Å². The Labute approximate surface area is 115 Å². The standard InChI is InChI=1S/C15H23N3O/c1-4-16-14-8-5-12(9-17-14)15(19)18(10-11(2)3)13-6-7-13/h5,8-9,11,13H,4,6-7,10H2,1-3H3,(H,16,17). The normalized spacial score (nSPS) is 14.5. The first-order valence-corrected chi connectivity index (χ1v) is 7.12. The molecule has 1 aliphatic rings. The predicted octanol–water partition coefficient (Wildman–Crippen LogP) is 2.77. The highest BCUT2D eigenvalue weighted by molar-refractivity contribution is 5.94. The molecule has 1 heterocycles. The number of nitrogens with one attached hydrogen (secondary N) is 1. The van der Waals surface area contributed by atoms with Crippen LogP contribution in [-0.4, -0.2) is 34.9 Å². The van der Waals surface area contributed by atoms with E-state index in [-0.39, 0.29) is 5.91 Å². The zero-order valence-electron chi connectivity index (χ0n) is 12.0. The van der Waals surface area contributed by atoms with E-state index in [9.17, 15) is 4.79 Å². The Morgan fingerprint density at radius 1 is 1.47 bits per heavy atom. The summed E-state index contributed by atoms with van der Waals surface area (Å²) in [6, 6.07) is 4.18. The Hall–Kier alpha value is -1.58. The Morgan fingerprint density at radius 2 is 2.21 bits per heavy atom. The molecule has 0 atom stereocenters. The SMILES string of the molecule is CCNc1ccc(C(=O)N(CC(C)C)C2CC2)cn1. The molecule has 1 N–H and O–H groups in total. The molecule has 1 aromatic rings. The zero-order chi connectivity index (χ0) is 13.8. The summed E-state index contributed by atoms with van der Waals surface area (Å²) in [7, 11) is 0. The highest BCUT2D eigenvalue weighted by Crippen LogP contribution is 2.29. The van der Waals surface area contributed by atoms with Crippen LogP contribution in [0.5, 0.6) is 0 Å². The molecule has 4 nitrogen and oxygen atoms in total. The summed E-state index contributed by atoms with van der Waals surface area (Å²) < 4.78 is 0. The quantitative estimate of drug-likeness (QED) is 0.856. The van der Waals surface area contributed by atoms with Crippen molar-refractivity contribution in [2.75, 3.05) is 18.4 Å². The second-order valence-corrected chi connectivity index (χ2v) is 5.54. The number of carbonyl (C=O) groups is 1. The van der Waals surface area contributed by atoms with Gasteiger partial charge in [0.15, 0.2) is 0 Å². The van der Waals surface area contributed by atoms with Gasteiger partial charge in [-0.3, -0.25) is 4.79 Å². The number of rotatable bonds is 6. The van der Waals surface area contributed by atoms with Crippen molar-refractivity contribution in [1.82, 2.24) is 9.88 Å². The van der Waals surface area contributed by atoms with Gasteiger partial charge in [0.1, 0.15) is 5.82 Å². The van der Waals surface area contributed by atoms with Crippen LogP contribution in [0.2, 0.25) is 0 Å². The molecule has 0 spiro atoms. The van der Waals surface area contributed by atoms with Crippen LogP contribution < -0.4 is 5.32 Å². The van der Waals surface area contributed by atoms with Crippen molar-refractivity contribution in [3.63, 3.8) is 0 Å². The van der Waals surface area contributed by atoms with Gasteiger partial charge in [-0.05, 0) is 37.8 Å². The largest absolute Gasteiger partial charge is 0.370 e. The van der Waals surface area contributed by atoms with Gasteiger partial charge in [-0.1, -0.05) is 13.8 Å². The van der Waals surface area contributed by atoms with Crippen molar-refractivity contribution in [2.24, 2.45) is 5.92 Å². The van der Waals surface area contributed by atoms with Crippen LogP contribution in [0.15, 0.2) is 18.3 Å². The lowest BCUT2D eigenvalue weighted by molar-refractivity contribution is 0.0722. The van der Waals surface area contributed by atoms with Crippen molar-refractivity contribution >= 4 is 11.7 Å². The van der Waals surface area contributed by atoms with Gasteiger partial charge in [-0.15, -0.1) is 0 Å². The minimum atomic E-state index is 0.117. The first-order chi connectivity index (χ1) is 9.11. The average molecular weight is 261 g/mol. The van der Waals surface area contributed by atoms with Crippen molar-refractivity contribution in [3.05, 3.63) is 23.9 Å². The smallest absolute Gasteiger partial charge is 0.255 e. The van der Waals surface area contributed by atoms with Crippen LogP contribution in [0.25, 0.3) is 0 Å². The number of hydrogen-bond acceptors (Lipinski definition) is 3. The second-order valence-electron chi connectivity index (χ2n) is 5.54. The van der Waals surface area contributed by atoms with Crippen molar-refractivity contribution in [3.8, 4) is 0 Å². The van der Waals surface area contributed by atoms with E-state index in [1.54, 1.807) is 6.20 Å². The molecule has 0 unspecified atom stereocenters. The minimum Gasteiger partial charge on any atom is -0.370 e. The van der Waals surface area contributed by atoms with Crippen LogP contribution in [0.3, 0.4) is 0 Å². The number of anilines is 1. The predicted molar refractivity (Wildman–Crippen MR) is 77.3 cm³/mol. The van der Waals surface area contributed by atoms with E-state index in [0.29, 0.717) is 17.5 Å². The zero-order valence-corrected chi connectivity index (χ0v) is 12.0. The van der Waals surface area contributed by atoms with Gasteiger partial charge in [0.05, 0.1) is 5.56 Å². The van der Waals surface area contributed by atoms with Crippen molar-refractivity contribution in [1.29, 1.82) is 0 Å². The summed E-state index contributed by atoms with van der Waals surface area (Å²) in [5.41, 5.74) is 0.689. The molecule has 0 radical (unpaired) electrons. The van der Waals surface area contributed by atoms with Crippen LogP contribution in [0.1, 0.15) is 44.0 Å². The fourth-order valence-electron chi connectivity index (χ4n) is 2.15. The maximum Gasteiger partial charge on any atom is 0.255 e. The number of pyridine rings is 1. The molecule has 2 rings (SSSR count). The molecular weight excluding hydrogens is 238 g/mol. The number of carbonyl (C=O) groups excluding carboxylic acids is 1. The van der Waals surface area contributed by atoms with E-state index in [1.165, 1.54) is 0 Å². The van der Waals surface area contributed by atoms with E-state index in [2.05, 4.69) is 24.1 Å². The van der Waals surface area contributed by atoms with E-state index in [0.717, 1.165) is 31.7 Å². The molecule has 1 saturated carbocycles. The second kappa shape index (κ2) is 6.04. The van der Waals surface area contributed by atoms with E-state index in [1.807, 2.05) is 24.0 Å². The minimum absolute atomic E-state index is 0.117. The number of hydrogen-bond donors (Lipinski definition) is 1. The molecule has 1 aromatic heterocycles. The number of aromatic nitrogens is 1. The van der Waals surface area contributed by atoms with Gasteiger partial charge >= 0.3 is 0 Å². The van der Waals surface area contributed by atoms with Crippen LogP contribution in [0, 0.1) is 5.92 Å². The summed E-state index contributed by atoms with van der Waals surface area (Å²) >= 11 is 0. The third-order valence-electron chi connectivity index (χ3n) is 3.18. The van der Waals surface area contributed by atoms with Gasteiger partial charge in [0, 0.05) is 25.3 Å². The Morgan fingerprint density at radius 3 is 2.68 bits per heavy atom.